The molecule has 0 fully saturated rings. The minimum atomic E-state index is -0.445. The monoisotopic (exact) mass is 217 g/mol. The first kappa shape index (κ1) is 10.2. The van der Waals surface area contributed by atoms with Gasteiger partial charge >= 0.3 is 0 Å². The minimum absolute atomic E-state index is 0.278. The Balaban J connectivity index is 2.10. The lowest BCUT2D eigenvalue weighted by atomic mass is 10.2. The molecule has 1 aromatic carbocycles. The van der Waals surface area contributed by atoms with E-state index < -0.39 is 5.82 Å². The lowest BCUT2D eigenvalue weighted by Gasteiger charge is -2.04. The highest BCUT2D eigenvalue weighted by molar-refractivity contribution is 5.49. The minimum Gasteiger partial charge on any atom is -0.378 e. The summed E-state index contributed by atoms with van der Waals surface area (Å²) in [6.45, 7) is 0.397. The highest BCUT2D eigenvalue weighted by Crippen LogP contribution is 2.14. The first-order chi connectivity index (χ1) is 7.78. The van der Waals surface area contributed by atoms with Gasteiger partial charge < -0.3 is 9.84 Å². The Morgan fingerprint density at radius 1 is 1.44 bits per heavy atom. The van der Waals surface area contributed by atoms with Gasteiger partial charge in [0.1, 0.15) is 5.82 Å². The van der Waals surface area contributed by atoms with Crippen LogP contribution >= 0.6 is 0 Å². The smallest absolute Gasteiger partial charge is 0.155 e. The first-order valence-electron chi connectivity index (χ1n) is 4.62. The second-order valence-corrected chi connectivity index (χ2v) is 3.17. The van der Waals surface area contributed by atoms with Crippen LogP contribution in [0.4, 0.5) is 10.1 Å². The molecule has 0 bridgehead atoms. The highest BCUT2D eigenvalue weighted by Gasteiger charge is 2.01. The second kappa shape index (κ2) is 4.45. The van der Waals surface area contributed by atoms with Crippen LogP contribution < -0.4 is 5.32 Å². The van der Waals surface area contributed by atoms with Crippen molar-refractivity contribution in [3.05, 3.63) is 47.6 Å². The Morgan fingerprint density at radius 2 is 2.31 bits per heavy atom. The van der Waals surface area contributed by atoms with E-state index >= 15 is 0 Å². The standard InChI is InChI=1S/C11H8FN3O/c12-9-3-8(6-13)4-10(5-9)14-7-11-1-2-15-16-11/h1-5,14H,7H2. The van der Waals surface area contributed by atoms with Crippen LogP contribution in [0.1, 0.15) is 11.3 Å². The number of benzene rings is 1. The summed E-state index contributed by atoms with van der Waals surface area (Å²) >= 11 is 0. The number of anilines is 1. The Morgan fingerprint density at radius 3 is 3.00 bits per heavy atom. The molecule has 0 aliphatic carbocycles. The van der Waals surface area contributed by atoms with E-state index in [9.17, 15) is 4.39 Å². The van der Waals surface area contributed by atoms with Crippen LogP contribution in [0.25, 0.3) is 0 Å². The summed E-state index contributed by atoms with van der Waals surface area (Å²) < 4.78 is 17.9. The zero-order chi connectivity index (χ0) is 11.4. The summed E-state index contributed by atoms with van der Waals surface area (Å²) in [5, 5.41) is 15.1. The van der Waals surface area contributed by atoms with Gasteiger partial charge in [0, 0.05) is 11.8 Å². The van der Waals surface area contributed by atoms with Crippen molar-refractivity contribution in [3.8, 4) is 6.07 Å². The Labute approximate surface area is 91.3 Å². The van der Waals surface area contributed by atoms with E-state index in [1.165, 1.54) is 18.3 Å². The average Bonchev–Trinajstić information content (AvgIpc) is 2.78. The van der Waals surface area contributed by atoms with Crippen molar-refractivity contribution in [1.82, 2.24) is 5.16 Å². The molecule has 2 rings (SSSR count). The molecule has 80 valence electrons. The largest absolute Gasteiger partial charge is 0.378 e. The van der Waals surface area contributed by atoms with Crippen LogP contribution in [0, 0.1) is 17.1 Å². The van der Waals surface area contributed by atoms with Crippen LogP contribution in [-0.2, 0) is 6.54 Å². The predicted molar refractivity (Wildman–Crippen MR) is 54.9 cm³/mol. The summed E-state index contributed by atoms with van der Waals surface area (Å²) in [6, 6.07) is 7.66. The maximum Gasteiger partial charge on any atom is 0.155 e. The number of rotatable bonds is 3. The van der Waals surface area contributed by atoms with Crippen molar-refractivity contribution in [2.24, 2.45) is 0 Å². The van der Waals surface area contributed by atoms with Crippen LogP contribution in [0.5, 0.6) is 0 Å². The van der Waals surface area contributed by atoms with Crippen LogP contribution in [0.15, 0.2) is 35.0 Å². The number of nitrogens with one attached hydrogen (secondary N) is 1. The summed E-state index contributed by atoms with van der Waals surface area (Å²) in [5.74, 6) is 0.196. The van der Waals surface area contributed by atoms with Gasteiger partial charge in [-0.05, 0) is 18.2 Å². The SMILES string of the molecule is N#Cc1cc(F)cc(NCc2ccno2)c1. The number of aromatic nitrogens is 1. The van der Waals surface area contributed by atoms with E-state index in [1.54, 1.807) is 12.1 Å². The topological polar surface area (TPSA) is 61.9 Å². The fourth-order valence-corrected chi connectivity index (χ4v) is 1.28. The fraction of sp³-hybridized carbons (Fsp3) is 0.0909. The molecule has 0 amide bonds. The third-order valence-corrected chi connectivity index (χ3v) is 1.98. The Bertz CT molecular complexity index is 517. The van der Waals surface area contributed by atoms with Crippen LogP contribution in [-0.4, -0.2) is 5.16 Å². The third kappa shape index (κ3) is 2.36. The molecule has 0 radical (unpaired) electrons. The van der Waals surface area contributed by atoms with Crippen molar-refractivity contribution >= 4 is 5.69 Å². The molecule has 2 aromatic rings. The lowest BCUT2D eigenvalue weighted by molar-refractivity contribution is 0.388. The molecule has 0 unspecified atom stereocenters. The molecular weight excluding hydrogens is 209 g/mol. The summed E-state index contributed by atoms with van der Waals surface area (Å²) in [5.41, 5.74) is 0.813. The quantitative estimate of drug-likeness (QED) is 0.856. The van der Waals surface area contributed by atoms with Crippen LogP contribution in [0.2, 0.25) is 0 Å². The number of nitrogens with zero attached hydrogens (tertiary/aromatic N) is 2. The molecule has 1 aromatic heterocycles. The zero-order valence-corrected chi connectivity index (χ0v) is 8.27. The average molecular weight is 217 g/mol. The normalized spacial score (nSPS) is 9.75. The van der Waals surface area contributed by atoms with Gasteiger partial charge in [-0.3, -0.25) is 0 Å². The van der Waals surface area contributed by atoms with Crippen molar-refractivity contribution in [2.75, 3.05) is 5.32 Å². The maximum absolute atomic E-state index is 13.1. The summed E-state index contributed by atoms with van der Waals surface area (Å²) in [4.78, 5) is 0. The maximum atomic E-state index is 13.1. The summed E-state index contributed by atoms with van der Waals surface area (Å²) in [6.07, 6.45) is 1.53. The van der Waals surface area contributed by atoms with E-state index in [0.29, 0.717) is 18.0 Å². The molecule has 0 spiro atoms. The van der Waals surface area contributed by atoms with Gasteiger partial charge in [-0.15, -0.1) is 0 Å². The molecule has 16 heavy (non-hydrogen) atoms. The lowest BCUT2D eigenvalue weighted by Crippen LogP contribution is -1.99. The van der Waals surface area contributed by atoms with E-state index in [-0.39, 0.29) is 5.56 Å². The number of hydrogen-bond acceptors (Lipinski definition) is 4. The van der Waals surface area contributed by atoms with Gasteiger partial charge in [0.05, 0.1) is 24.4 Å². The van der Waals surface area contributed by atoms with Gasteiger partial charge in [0.25, 0.3) is 0 Å². The van der Waals surface area contributed by atoms with E-state index in [2.05, 4.69) is 10.5 Å². The third-order valence-electron chi connectivity index (χ3n) is 1.98. The fourth-order valence-electron chi connectivity index (χ4n) is 1.28. The molecule has 1 heterocycles. The molecule has 0 aliphatic heterocycles. The van der Waals surface area contributed by atoms with Gasteiger partial charge in [-0.25, -0.2) is 4.39 Å². The van der Waals surface area contributed by atoms with Gasteiger partial charge in [0.15, 0.2) is 5.76 Å². The van der Waals surface area contributed by atoms with Crippen molar-refractivity contribution < 1.29 is 8.91 Å². The van der Waals surface area contributed by atoms with Gasteiger partial charge in [0.2, 0.25) is 0 Å². The number of nitriles is 1. The van der Waals surface area contributed by atoms with E-state index in [0.717, 1.165) is 0 Å². The van der Waals surface area contributed by atoms with Gasteiger partial charge in [-0.1, -0.05) is 5.16 Å². The Hall–Kier alpha value is -2.35. The van der Waals surface area contributed by atoms with E-state index in [1.807, 2.05) is 6.07 Å². The highest BCUT2D eigenvalue weighted by atomic mass is 19.1. The number of halogens is 1. The molecule has 0 aliphatic rings. The van der Waals surface area contributed by atoms with Crippen LogP contribution in [0.3, 0.4) is 0 Å². The van der Waals surface area contributed by atoms with Crippen molar-refractivity contribution in [1.29, 1.82) is 5.26 Å². The molecule has 4 nitrogen and oxygen atoms in total. The molecule has 0 saturated heterocycles. The first-order valence-corrected chi connectivity index (χ1v) is 4.62. The second-order valence-electron chi connectivity index (χ2n) is 3.17. The summed E-state index contributed by atoms with van der Waals surface area (Å²) in [7, 11) is 0. The zero-order valence-electron chi connectivity index (χ0n) is 8.27. The van der Waals surface area contributed by atoms with Crippen molar-refractivity contribution in [3.63, 3.8) is 0 Å². The Kier molecular flexibility index (Phi) is 2.83. The van der Waals surface area contributed by atoms with E-state index in [4.69, 9.17) is 9.78 Å². The molecule has 1 N–H and O–H groups in total. The molecule has 5 heteroatoms. The molecule has 0 atom stereocenters. The number of hydrogen-bond donors (Lipinski definition) is 1. The molecule has 0 saturated carbocycles. The molecular formula is C11H8FN3O. The van der Waals surface area contributed by atoms with Gasteiger partial charge in [-0.2, -0.15) is 5.26 Å². The predicted octanol–water partition coefficient (Wildman–Crippen LogP) is 2.30. The van der Waals surface area contributed by atoms with Crippen molar-refractivity contribution in [2.45, 2.75) is 6.54 Å².